The Balaban J connectivity index is 1.10. The van der Waals surface area contributed by atoms with Crippen LogP contribution in [0.15, 0.2) is 52.9 Å². The molecule has 2 aliphatic rings. The summed E-state index contributed by atoms with van der Waals surface area (Å²) >= 11 is 5.21. The topological polar surface area (TPSA) is 94.0 Å². The number of furan rings is 1. The Morgan fingerprint density at radius 1 is 0.969 bits per heavy atom. The Hall–Kier alpha value is -3.72. The van der Waals surface area contributed by atoms with E-state index in [2.05, 4.69) is 28.3 Å². The lowest BCUT2D eigenvalue weighted by atomic mass is 10.1. The van der Waals surface area contributed by atoms with Gasteiger partial charge in [0.15, 0.2) is 22.4 Å². The molecule has 2 heterocycles. The molecule has 164 valence electrons. The molecule has 0 bridgehead atoms. The van der Waals surface area contributed by atoms with E-state index < -0.39 is 5.91 Å². The highest BCUT2D eigenvalue weighted by Crippen LogP contribution is 2.34. The number of aryl methyl sites for hydroxylation is 2. The molecule has 0 saturated carbocycles. The van der Waals surface area contributed by atoms with Crippen LogP contribution in [0.5, 0.6) is 17.2 Å². The van der Waals surface area contributed by atoms with Gasteiger partial charge in [-0.15, -0.1) is 0 Å². The Bertz CT molecular complexity index is 1180. The zero-order valence-electron chi connectivity index (χ0n) is 17.1. The van der Waals surface area contributed by atoms with Gasteiger partial charge in [-0.05, 0) is 79.0 Å². The van der Waals surface area contributed by atoms with E-state index in [1.54, 1.807) is 30.3 Å². The average molecular weight is 452 g/mol. The van der Waals surface area contributed by atoms with Gasteiger partial charge in [0.25, 0.3) is 0 Å². The summed E-state index contributed by atoms with van der Waals surface area (Å²) < 4.78 is 22.0. The first kappa shape index (κ1) is 20.2. The van der Waals surface area contributed by atoms with Crippen molar-refractivity contribution in [1.29, 1.82) is 0 Å². The first-order valence-corrected chi connectivity index (χ1v) is 10.7. The smallest absolute Gasteiger partial charge is 0.305 e. The number of anilines is 1. The van der Waals surface area contributed by atoms with Crippen molar-refractivity contribution in [3.63, 3.8) is 0 Å². The lowest BCUT2D eigenvalue weighted by Crippen LogP contribution is -2.43. The Morgan fingerprint density at radius 3 is 2.78 bits per heavy atom. The van der Waals surface area contributed by atoms with E-state index in [-0.39, 0.29) is 24.3 Å². The monoisotopic (exact) mass is 451 g/mol. The van der Waals surface area contributed by atoms with E-state index >= 15 is 0 Å². The molecule has 0 unspecified atom stereocenters. The molecule has 0 radical (unpaired) electrons. The number of fused-ring (bicyclic) bond motifs is 2. The normalized spacial score (nSPS) is 13.4. The molecule has 32 heavy (non-hydrogen) atoms. The molecule has 8 nitrogen and oxygen atoms in total. The molecule has 1 aromatic heterocycles. The minimum atomic E-state index is -0.455. The number of ether oxygens (including phenoxy) is 3. The number of carbonyl (C=O) groups excluding carboxylic acids is 1. The van der Waals surface area contributed by atoms with Gasteiger partial charge in [-0.25, -0.2) is 0 Å². The summed E-state index contributed by atoms with van der Waals surface area (Å²) in [4.78, 5) is 12.3. The van der Waals surface area contributed by atoms with E-state index in [9.17, 15) is 4.79 Å². The third-order valence-corrected chi connectivity index (χ3v) is 5.46. The number of benzene rings is 2. The van der Waals surface area contributed by atoms with Crippen LogP contribution in [0, 0.1) is 0 Å². The molecule has 3 N–H and O–H groups in total. The van der Waals surface area contributed by atoms with E-state index in [1.165, 1.54) is 17.5 Å². The predicted molar refractivity (Wildman–Crippen MR) is 121 cm³/mol. The first-order chi connectivity index (χ1) is 15.6. The van der Waals surface area contributed by atoms with Crippen molar-refractivity contribution in [3.8, 4) is 17.2 Å². The second-order valence-electron chi connectivity index (χ2n) is 7.44. The quantitative estimate of drug-likeness (QED) is 0.399. The summed E-state index contributed by atoms with van der Waals surface area (Å²) in [6.07, 6.45) is 3.42. The van der Waals surface area contributed by atoms with Crippen molar-refractivity contribution in [3.05, 3.63) is 71.2 Å². The fraction of sp³-hybridized carbons (Fsp3) is 0.217. The molecule has 0 saturated heterocycles. The molecule has 1 aliphatic heterocycles. The van der Waals surface area contributed by atoms with Gasteiger partial charge in [0.2, 0.25) is 6.79 Å². The Labute approximate surface area is 189 Å². The number of amides is 1. The molecular formula is C23H21N3O5S. The maximum atomic E-state index is 12.3. The molecule has 5 rings (SSSR count). The van der Waals surface area contributed by atoms with Crippen LogP contribution in [0.1, 0.15) is 33.9 Å². The summed E-state index contributed by atoms with van der Waals surface area (Å²) in [7, 11) is 0. The van der Waals surface area contributed by atoms with Crippen LogP contribution in [0.3, 0.4) is 0 Å². The molecule has 0 spiro atoms. The number of nitrogens with one attached hydrogen (secondary N) is 3. The average Bonchev–Trinajstić information content (AvgIpc) is 3.55. The van der Waals surface area contributed by atoms with Crippen molar-refractivity contribution in [1.82, 2.24) is 10.9 Å². The fourth-order valence-corrected chi connectivity index (χ4v) is 3.85. The maximum absolute atomic E-state index is 12.3. The summed E-state index contributed by atoms with van der Waals surface area (Å²) in [6.45, 7) is 0.435. The van der Waals surface area contributed by atoms with E-state index in [0.717, 1.165) is 18.6 Å². The van der Waals surface area contributed by atoms with Crippen LogP contribution < -0.4 is 30.4 Å². The van der Waals surface area contributed by atoms with E-state index in [1.807, 2.05) is 6.07 Å². The van der Waals surface area contributed by atoms with Gasteiger partial charge in [-0.1, -0.05) is 6.07 Å². The van der Waals surface area contributed by atoms with Crippen LogP contribution in [-0.4, -0.2) is 17.8 Å². The molecule has 1 aliphatic carbocycles. The Kier molecular flexibility index (Phi) is 5.55. The minimum Gasteiger partial charge on any atom is -0.486 e. The maximum Gasteiger partial charge on any atom is 0.305 e. The number of hydrazine groups is 1. The summed E-state index contributed by atoms with van der Waals surface area (Å²) in [5.41, 5.74) is 8.59. The van der Waals surface area contributed by atoms with Gasteiger partial charge in [0.05, 0.1) is 0 Å². The molecule has 0 atom stereocenters. The summed E-state index contributed by atoms with van der Waals surface area (Å²) in [5, 5.41) is 3.17. The van der Waals surface area contributed by atoms with Gasteiger partial charge in [0.1, 0.15) is 18.1 Å². The second-order valence-corrected chi connectivity index (χ2v) is 7.85. The third-order valence-electron chi connectivity index (χ3n) is 5.26. The predicted octanol–water partition coefficient (Wildman–Crippen LogP) is 3.71. The second kappa shape index (κ2) is 8.80. The van der Waals surface area contributed by atoms with Gasteiger partial charge in [-0.2, -0.15) is 0 Å². The lowest BCUT2D eigenvalue weighted by Gasteiger charge is -2.11. The van der Waals surface area contributed by atoms with Crippen molar-refractivity contribution < 1.29 is 23.4 Å². The third kappa shape index (κ3) is 4.47. The molecule has 1 amide bonds. The van der Waals surface area contributed by atoms with Crippen LogP contribution in [0.2, 0.25) is 0 Å². The van der Waals surface area contributed by atoms with Crippen molar-refractivity contribution in [2.75, 3.05) is 12.1 Å². The highest BCUT2D eigenvalue weighted by Gasteiger charge is 2.15. The van der Waals surface area contributed by atoms with Crippen LogP contribution in [0.4, 0.5) is 5.69 Å². The number of hydrogen-bond donors (Lipinski definition) is 3. The number of thiocarbonyl (C=S) groups is 1. The van der Waals surface area contributed by atoms with E-state index in [4.69, 9.17) is 30.8 Å². The minimum absolute atomic E-state index is 0.149. The van der Waals surface area contributed by atoms with Crippen LogP contribution in [0.25, 0.3) is 0 Å². The highest BCUT2D eigenvalue weighted by molar-refractivity contribution is 7.80. The lowest BCUT2D eigenvalue weighted by molar-refractivity contribution is 0.0912. The largest absolute Gasteiger partial charge is 0.486 e. The van der Waals surface area contributed by atoms with Crippen LogP contribution >= 0.6 is 12.2 Å². The number of hydrogen-bond acceptors (Lipinski definition) is 6. The summed E-state index contributed by atoms with van der Waals surface area (Å²) in [6, 6.07) is 14.8. The van der Waals surface area contributed by atoms with Gasteiger partial charge in [-0.3, -0.25) is 15.6 Å². The fourth-order valence-electron chi connectivity index (χ4n) is 3.68. The molecule has 2 aromatic carbocycles. The van der Waals surface area contributed by atoms with Crippen molar-refractivity contribution in [2.45, 2.75) is 25.9 Å². The van der Waals surface area contributed by atoms with Gasteiger partial charge < -0.3 is 23.9 Å². The van der Waals surface area contributed by atoms with Crippen molar-refractivity contribution in [2.24, 2.45) is 0 Å². The highest BCUT2D eigenvalue weighted by atomic mass is 32.1. The molecule has 0 fully saturated rings. The zero-order valence-corrected chi connectivity index (χ0v) is 17.9. The van der Waals surface area contributed by atoms with Gasteiger partial charge >= 0.3 is 5.91 Å². The van der Waals surface area contributed by atoms with Crippen LogP contribution in [-0.2, 0) is 19.4 Å². The standard InChI is InChI=1S/C23H21N3O5S/c27-22(25-26-23(32)24-16-5-8-19-21(11-16)30-13-29-19)20-9-7-18(31-20)12-28-17-6-4-14-2-1-3-15(14)10-17/h4-11H,1-3,12-13H2,(H,25,27)(H2,24,26,32). The molecule has 9 heteroatoms. The Morgan fingerprint density at radius 2 is 1.84 bits per heavy atom. The summed E-state index contributed by atoms with van der Waals surface area (Å²) in [5.74, 6) is 2.36. The zero-order chi connectivity index (χ0) is 21.9. The first-order valence-electron chi connectivity index (χ1n) is 10.2. The van der Waals surface area contributed by atoms with Crippen molar-refractivity contribution >= 4 is 28.9 Å². The number of rotatable bonds is 5. The molecule has 3 aromatic rings. The number of carbonyl (C=O) groups is 1. The van der Waals surface area contributed by atoms with Gasteiger partial charge in [0, 0.05) is 11.8 Å². The van der Waals surface area contributed by atoms with E-state index in [0.29, 0.717) is 22.9 Å². The SMILES string of the molecule is O=C(NNC(=S)Nc1ccc2c(c1)OCO2)c1ccc(COc2ccc3c(c2)CCC3)o1. The molecular weight excluding hydrogens is 430 g/mol.